The Morgan fingerprint density at radius 3 is 2.76 bits per heavy atom. The van der Waals surface area contributed by atoms with Crippen molar-refractivity contribution >= 4 is 41.7 Å². The maximum absolute atomic E-state index is 5.64. The highest BCUT2D eigenvalue weighted by atomic mass is 127. The van der Waals surface area contributed by atoms with Crippen LogP contribution in [0.1, 0.15) is 25.3 Å². The molecule has 0 bridgehead atoms. The van der Waals surface area contributed by atoms with Crippen molar-refractivity contribution < 1.29 is 9.47 Å². The summed E-state index contributed by atoms with van der Waals surface area (Å²) in [5.74, 6) is 2.94. The van der Waals surface area contributed by atoms with Crippen LogP contribution in [0, 0.1) is 0 Å². The molecule has 0 aromatic heterocycles. The zero-order chi connectivity index (χ0) is 17.5. The van der Waals surface area contributed by atoms with Crippen LogP contribution in [0.4, 0.5) is 0 Å². The van der Waals surface area contributed by atoms with Gasteiger partial charge in [-0.1, -0.05) is 12.1 Å². The van der Waals surface area contributed by atoms with Crippen LogP contribution in [0.15, 0.2) is 29.3 Å². The number of guanidine groups is 1. The van der Waals surface area contributed by atoms with Crippen molar-refractivity contribution in [3.05, 3.63) is 29.8 Å². The van der Waals surface area contributed by atoms with E-state index in [-0.39, 0.29) is 24.0 Å². The van der Waals surface area contributed by atoms with Crippen molar-refractivity contribution in [1.82, 2.24) is 10.6 Å². The Balaban J connectivity index is 0.00000576. The van der Waals surface area contributed by atoms with Gasteiger partial charge in [0.15, 0.2) is 5.96 Å². The van der Waals surface area contributed by atoms with E-state index >= 15 is 0 Å². The van der Waals surface area contributed by atoms with Gasteiger partial charge in [0.2, 0.25) is 0 Å². The molecule has 2 N–H and O–H groups in total. The molecule has 0 saturated carbocycles. The molecule has 0 unspecified atom stereocenters. The summed E-state index contributed by atoms with van der Waals surface area (Å²) in [6.07, 6.45) is 4.54. The zero-order valence-corrected chi connectivity index (χ0v) is 18.7. The number of thioether (sulfide) groups is 1. The van der Waals surface area contributed by atoms with Crippen LogP contribution in [0.2, 0.25) is 0 Å². The lowest BCUT2D eigenvalue weighted by molar-refractivity contribution is 0.146. The Hall–Kier alpha value is -0.670. The number of hydrogen-bond donors (Lipinski definition) is 2. The van der Waals surface area contributed by atoms with Gasteiger partial charge in [-0.05, 0) is 49.5 Å². The third-order valence-electron chi connectivity index (χ3n) is 3.29. The molecule has 0 fully saturated rings. The maximum atomic E-state index is 5.64. The smallest absolute Gasteiger partial charge is 0.191 e. The SMILES string of the molecule is CCNC(=NCc1cccc(OCCOC)c1)NCCCCSC.I. The highest BCUT2D eigenvalue weighted by molar-refractivity contribution is 14.0. The predicted octanol–water partition coefficient (Wildman–Crippen LogP) is 3.53. The van der Waals surface area contributed by atoms with Crippen molar-refractivity contribution in [2.45, 2.75) is 26.3 Å². The lowest BCUT2D eigenvalue weighted by Crippen LogP contribution is -2.37. The van der Waals surface area contributed by atoms with Gasteiger partial charge in [-0.15, -0.1) is 24.0 Å². The molecule has 0 radical (unpaired) electrons. The molecule has 0 aliphatic heterocycles. The molecule has 25 heavy (non-hydrogen) atoms. The minimum atomic E-state index is 0. The normalized spacial score (nSPS) is 10.9. The Morgan fingerprint density at radius 2 is 2.04 bits per heavy atom. The number of aliphatic imine (C=N–C) groups is 1. The zero-order valence-electron chi connectivity index (χ0n) is 15.5. The average Bonchev–Trinajstić information content (AvgIpc) is 2.60. The summed E-state index contributed by atoms with van der Waals surface area (Å²) in [7, 11) is 1.67. The first kappa shape index (κ1) is 24.3. The number of nitrogens with zero attached hydrogens (tertiary/aromatic N) is 1. The Morgan fingerprint density at radius 1 is 1.20 bits per heavy atom. The molecule has 1 aromatic rings. The van der Waals surface area contributed by atoms with E-state index in [0.717, 1.165) is 36.8 Å². The first-order chi connectivity index (χ1) is 11.8. The molecule has 7 heteroatoms. The summed E-state index contributed by atoms with van der Waals surface area (Å²) in [6, 6.07) is 8.05. The number of unbranched alkanes of at least 4 members (excludes halogenated alkanes) is 1. The summed E-state index contributed by atoms with van der Waals surface area (Å²) in [4.78, 5) is 4.65. The van der Waals surface area contributed by atoms with Gasteiger partial charge in [-0.3, -0.25) is 0 Å². The second kappa shape index (κ2) is 16.8. The van der Waals surface area contributed by atoms with Crippen LogP contribution in [-0.4, -0.2) is 51.4 Å². The summed E-state index contributed by atoms with van der Waals surface area (Å²) in [6.45, 7) is 5.66. The van der Waals surface area contributed by atoms with E-state index in [0.29, 0.717) is 19.8 Å². The molecule has 0 aliphatic rings. The van der Waals surface area contributed by atoms with Crippen molar-refractivity contribution in [1.29, 1.82) is 0 Å². The van der Waals surface area contributed by atoms with Crippen molar-refractivity contribution in [3.63, 3.8) is 0 Å². The van der Waals surface area contributed by atoms with E-state index < -0.39 is 0 Å². The van der Waals surface area contributed by atoms with Crippen LogP contribution in [0.3, 0.4) is 0 Å². The van der Waals surface area contributed by atoms with Gasteiger partial charge in [0.25, 0.3) is 0 Å². The topological polar surface area (TPSA) is 54.9 Å². The van der Waals surface area contributed by atoms with Crippen LogP contribution in [0.25, 0.3) is 0 Å². The Kier molecular flexibility index (Phi) is 16.3. The lowest BCUT2D eigenvalue weighted by atomic mass is 10.2. The quantitative estimate of drug-likeness (QED) is 0.207. The van der Waals surface area contributed by atoms with Gasteiger partial charge in [0, 0.05) is 20.2 Å². The highest BCUT2D eigenvalue weighted by Gasteiger charge is 2.00. The summed E-state index contributed by atoms with van der Waals surface area (Å²) >= 11 is 1.89. The second-order valence-electron chi connectivity index (χ2n) is 5.31. The van der Waals surface area contributed by atoms with Gasteiger partial charge in [-0.25, -0.2) is 4.99 Å². The maximum Gasteiger partial charge on any atom is 0.191 e. The van der Waals surface area contributed by atoms with E-state index in [2.05, 4.69) is 34.9 Å². The van der Waals surface area contributed by atoms with E-state index in [9.17, 15) is 0 Å². The van der Waals surface area contributed by atoms with Gasteiger partial charge in [-0.2, -0.15) is 11.8 Å². The monoisotopic (exact) mass is 481 g/mol. The van der Waals surface area contributed by atoms with E-state index in [1.165, 1.54) is 12.2 Å². The third kappa shape index (κ3) is 12.3. The number of hydrogen-bond acceptors (Lipinski definition) is 4. The molecule has 0 spiro atoms. The highest BCUT2D eigenvalue weighted by Crippen LogP contribution is 2.14. The summed E-state index contributed by atoms with van der Waals surface area (Å²) in [5.41, 5.74) is 1.13. The molecule has 0 aliphatic carbocycles. The minimum absolute atomic E-state index is 0. The fourth-order valence-corrected chi connectivity index (χ4v) is 2.56. The first-order valence-corrected chi connectivity index (χ1v) is 9.91. The van der Waals surface area contributed by atoms with Crippen LogP contribution < -0.4 is 15.4 Å². The van der Waals surface area contributed by atoms with Crippen molar-refractivity contribution in [3.8, 4) is 5.75 Å². The molecule has 5 nitrogen and oxygen atoms in total. The molecule has 0 saturated heterocycles. The largest absolute Gasteiger partial charge is 0.491 e. The van der Waals surface area contributed by atoms with Crippen molar-refractivity contribution in [2.24, 2.45) is 4.99 Å². The average molecular weight is 481 g/mol. The molecular formula is C18H32IN3O2S. The van der Waals surface area contributed by atoms with Crippen LogP contribution >= 0.6 is 35.7 Å². The van der Waals surface area contributed by atoms with Gasteiger partial charge < -0.3 is 20.1 Å². The van der Waals surface area contributed by atoms with Gasteiger partial charge in [0.05, 0.1) is 13.2 Å². The fraction of sp³-hybridized carbons (Fsp3) is 0.611. The number of benzene rings is 1. The Bertz CT molecular complexity index is 475. The number of nitrogens with one attached hydrogen (secondary N) is 2. The van der Waals surface area contributed by atoms with Crippen LogP contribution in [0.5, 0.6) is 5.75 Å². The molecule has 0 amide bonds. The van der Waals surface area contributed by atoms with Crippen LogP contribution in [-0.2, 0) is 11.3 Å². The van der Waals surface area contributed by atoms with Gasteiger partial charge >= 0.3 is 0 Å². The van der Waals surface area contributed by atoms with Crippen molar-refractivity contribution in [2.75, 3.05) is 45.4 Å². The molecule has 0 heterocycles. The molecule has 144 valence electrons. The molecule has 1 rings (SSSR count). The number of halogens is 1. The van der Waals surface area contributed by atoms with E-state index in [4.69, 9.17) is 9.47 Å². The number of ether oxygens (including phenoxy) is 2. The minimum Gasteiger partial charge on any atom is -0.491 e. The predicted molar refractivity (Wildman–Crippen MR) is 120 cm³/mol. The van der Waals surface area contributed by atoms with E-state index in [1.54, 1.807) is 7.11 Å². The summed E-state index contributed by atoms with van der Waals surface area (Å²) in [5, 5.41) is 6.67. The standard InChI is InChI=1S/C18H31N3O2S.HI/c1-4-19-18(20-10-5-6-13-24-3)21-15-16-8-7-9-17(14-16)23-12-11-22-2;/h7-9,14H,4-6,10-13,15H2,1-3H3,(H2,19,20,21);1H. The lowest BCUT2D eigenvalue weighted by Gasteiger charge is -2.11. The molecule has 1 aromatic carbocycles. The third-order valence-corrected chi connectivity index (χ3v) is 3.98. The van der Waals surface area contributed by atoms with E-state index in [1.807, 2.05) is 30.0 Å². The Labute approximate surface area is 173 Å². The molecule has 0 atom stereocenters. The molecular weight excluding hydrogens is 449 g/mol. The van der Waals surface area contributed by atoms with Gasteiger partial charge in [0.1, 0.15) is 12.4 Å². The summed E-state index contributed by atoms with van der Waals surface area (Å²) < 4.78 is 10.6. The second-order valence-corrected chi connectivity index (χ2v) is 6.30. The first-order valence-electron chi connectivity index (χ1n) is 8.52. The number of rotatable bonds is 12. The number of methoxy groups -OCH3 is 1. The fourth-order valence-electron chi connectivity index (χ4n) is 2.07.